The Hall–Kier alpha value is -1.50. The van der Waals surface area contributed by atoms with Crippen molar-refractivity contribution in [3.8, 4) is 0 Å². The van der Waals surface area contributed by atoms with Crippen LogP contribution in [0.15, 0.2) is 28.7 Å². The van der Waals surface area contributed by atoms with E-state index in [0.717, 1.165) is 17.2 Å². The fourth-order valence-electron chi connectivity index (χ4n) is 2.37. The van der Waals surface area contributed by atoms with E-state index in [1.165, 1.54) is 12.1 Å². The number of ether oxygens (including phenoxy) is 1. The largest absolute Gasteiger partial charge is 0.444 e. The van der Waals surface area contributed by atoms with Gasteiger partial charge in [0.1, 0.15) is 5.60 Å². The van der Waals surface area contributed by atoms with Crippen molar-refractivity contribution < 1.29 is 22.7 Å². The smallest absolute Gasteiger partial charge is 0.417 e. The Morgan fingerprint density at radius 1 is 1.25 bits per heavy atom. The molecule has 0 saturated carbocycles. The molecule has 0 fully saturated rings. The zero-order valence-corrected chi connectivity index (χ0v) is 15.3. The maximum absolute atomic E-state index is 12.8. The van der Waals surface area contributed by atoms with Crippen molar-refractivity contribution in [2.45, 2.75) is 39.0 Å². The first-order valence-corrected chi connectivity index (χ1v) is 8.31. The maximum atomic E-state index is 12.8. The molecule has 0 unspecified atom stereocenters. The molecule has 1 aliphatic rings. The number of nitrogens with zero attached hydrogens (tertiary/aromatic N) is 1. The minimum Gasteiger partial charge on any atom is -0.444 e. The number of carbonyl (C=O) groups is 1. The number of benzene rings is 1. The van der Waals surface area contributed by atoms with Gasteiger partial charge in [-0.3, -0.25) is 0 Å². The number of alkyl halides is 3. The standard InChI is InChI=1S/C17H19BrF3NO2/c1-16(2,3)24-15(23)22-8-6-11(7-9-22)12-4-5-13(14(18)10-12)17(19,20)21/h4-6,10H,7-9H2,1-3H3. The summed E-state index contributed by atoms with van der Waals surface area (Å²) in [4.78, 5) is 13.6. The summed E-state index contributed by atoms with van der Waals surface area (Å²) in [7, 11) is 0. The monoisotopic (exact) mass is 405 g/mol. The fourth-order valence-corrected chi connectivity index (χ4v) is 2.97. The van der Waals surface area contributed by atoms with E-state index in [2.05, 4.69) is 15.9 Å². The van der Waals surface area contributed by atoms with Gasteiger partial charge in [-0.2, -0.15) is 13.2 Å². The van der Waals surface area contributed by atoms with Crippen LogP contribution < -0.4 is 0 Å². The van der Waals surface area contributed by atoms with Gasteiger partial charge in [-0.25, -0.2) is 4.79 Å². The Balaban J connectivity index is 2.10. The van der Waals surface area contributed by atoms with Crippen molar-refractivity contribution in [2.75, 3.05) is 13.1 Å². The van der Waals surface area contributed by atoms with Gasteiger partial charge in [0.05, 0.1) is 5.56 Å². The molecule has 0 radical (unpaired) electrons. The van der Waals surface area contributed by atoms with Crippen LogP contribution in [0.3, 0.4) is 0 Å². The van der Waals surface area contributed by atoms with Crippen LogP contribution in [0.4, 0.5) is 18.0 Å². The SMILES string of the molecule is CC(C)(C)OC(=O)N1CC=C(c2ccc(C(F)(F)F)c(Br)c2)CC1. The first-order valence-electron chi connectivity index (χ1n) is 7.51. The highest BCUT2D eigenvalue weighted by Gasteiger charge is 2.33. The van der Waals surface area contributed by atoms with E-state index in [9.17, 15) is 18.0 Å². The molecule has 0 spiro atoms. The van der Waals surface area contributed by atoms with Gasteiger partial charge in [-0.1, -0.05) is 28.1 Å². The van der Waals surface area contributed by atoms with Gasteiger partial charge in [0.15, 0.2) is 0 Å². The molecule has 1 amide bonds. The van der Waals surface area contributed by atoms with Crippen LogP contribution in [-0.2, 0) is 10.9 Å². The van der Waals surface area contributed by atoms with Gasteiger partial charge < -0.3 is 9.64 Å². The topological polar surface area (TPSA) is 29.5 Å². The average molecular weight is 406 g/mol. The highest BCUT2D eigenvalue weighted by Crippen LogP contribution is 2.36. The summed E-state index contributed by atoms with van der Waals surface area (Å²) in [5, 5.41) is 0. The second-order valence-corrected chi connectivity index (χ2v) is 7.45. The summed E-state index contributed by atoms with van der Waals surface area (Å²) >= 11 is 2.99. The number of rotatable bonds is 1. The first kappa shape index (κ1) is 18.8. The number of hydrogen-bond acceptors (Lipinski definition) is 2. The molecule has 1 aliphatic heterocycles. The van der Waals surface area contributed by atoms with Crippen LogP contribution in [0.5, 0.6) is 0 Å². The molecule has 1 aromatic carbocycles. The Morgan fingerprint density at radius 3 is 2.38 bits per heavy atom. The van der Waals surface area contributed by atoms with Gasteiger partial charge in [0, 0.05) is 17.6 Å². The predicted molar refractivity (Wildman–Crippen MR) is 89.5 cm³/mol. The molecule has 132 valence electrons. The summed E-state index contributed by atoms with van der Waals surface area (Å²) in [5.41, 5.74) is 0.389. The minimum atomic E-state index is -4.38. The molecule has 24 heavy (non-hydrogen) atoms. The third-order valence-electron chi connectivity index (χ3n) is 3.51. The molecule has 1 heterocycles. The van der Waals surface area contributed by atoms with Crippen LogP contribution in [0.25, 0.3) is 5.57 Å². The van der Waals surface area contributed by atoms with Crippen molar-refractivity contribution in [3.63, 3.8) is 0 Å². The lowest BCUT2D eigenvalue weighted by molar-refractivity contribution is -0.138. The van der Waals surface area contributed by atoms with E-state index in [0.29, 0.717) is 19.5 Å². The summed E-state index contributed by atoms with van der Waals surface area (Å²) in [5.74, 6) is 0. The number of carbonyl (C=O) groups excluding carboxylic acids is 1. The van der Waals surface area contributed by atoms with E-state index in [1.807, 2.05) is 6.08 Å². The fraction of sp³-hybridized carbons (Fsp3) is 0.471. The van der Waals surface area contributed by atoms with Crippen LogP contribution in [-0.4, -0.2) is 29.7 Å². The van der Waals surface area contributed by atoms with E-state index in [1.54, 1.807) is 25.7 Å². The molecule has 1 aromatic rings. The van der Waals surface area contributed by atoms with Crippen LogP contribution in [0.1, 0.15) is 38.3 Å². The minimum absolute atomic E-state index is 0.0166. The molecular formula is C17H19BrF3NO2. The van der Waals surface area contributed by atoms with E-state index in [-0.39, 0.29) is 10.6 Å². The van der Waals surface area contributed by atoms with Crippen molar-refractivity contribution in [1.82, 2.24) is 4.90 Å². The molecule has 7 heteroatoms. The molecule has 0 aliphatic carbocycles. The first-order chi connectivity index (χ1) is 11.0. The highest BCUT2D eigenvalue weighted by molar-refractivity contribution is 9.10. The number of hydrogen-bond donors (Lipinski definition) is 0. The van der Waals surface area contributed by atoms with Crippen LogP contribution in [0.2, 0.25) is 0 Å². The zero-order chi connectivity index (χ0) is 18.1. The molecule has 3 nitrogen and oxygen atoms in total. The van der Waals surface area contributed by atoms with E-state index in [4.69, 9.17) is 4.74 Å². The third-order valence-corrected chi connectivity index (χ3v) is 4.16. The molecule has 0 aromatic heterocycles. The van der Waals surface area contributed by atoms with Crippen molar-refractivity contribution in [2.24, 2.45) is 0 Å². The predicted octanol–water partition coefficient (Wildman–Crippen LogP) is 5.49. The van der Waals surface area contributed by atoms with Crippen LogP contribution >= 0.6 is 15.9 Å². The lowest BCUT2D eigenvalue weighted by Crippen LogP contribution is -2.39. The van der Waals surface area contributed by atoms with Crippen molar-refractivity contribution in [3.05, 3.63) is 39.9 Å². The van der Waals surface area contributed by atoms with Gasteiger partial charge in [-0.05, 0) is 50.5 Å². The van der Waals surface area contributed by atoms with E-state index >= 15 is 0 Å². The Bertz CT molecular complexity index is 663. The van der Waals surface area contributed by atoms with Crippen LogP contribution in [0, 0.1) is 0 Å². The molecular weight excluding hydrogens is 387 g/mol. The maximum Gasteiger partial charge on any atom is 0.417 e. The third kappa shape index (κ3) is 4.75. The second-order valence-electron chi connectivity index (χ2n) is 6.60. The van der Waals surface area contributed by atoms with Crippen molar-refractivity contribution >= 4 is 27.6 Å². The van der Waals surface area contributed by atoms with Gasteiger partial charge in [0.2, 0.25) is 0 Å². The lowest BCUT2D eigenvalue weighted by Gasteiger charge is -2.29. The number of amides is 1. The Kier molecular flexibility index (Phi) is 5.32. The molecule has 0 saturated heterocycles. The second kappa shape index (κ2) is 6.78. The highest BCUT2D eigenvalue weighted by atomic mass is 79.9. The van der Waals surface area contributed by atoms with Gasteiger partial charge in [-0.15, -0.1) is 0 Å². The normalized spacial score (nSPS) is 16.0. The number of halogens is 4. The quantitative estimate of drug-likeness (QED) is 0.617. The average Bonchev–Trinajstić information content (AvgIpc) is 2.44. The Labute approximate surface area is 147 Å². The molecule has 0 atom stereocenters. The van der Waals surface area contributed by atoms with Gasteiger partial charge in [0.25, 0.3) is 0 Å². The van der Waals surface area contributed by atoms with E-state index < -0.39 is 17.3 Å². The summed E-state index contributed by atoms with van der Waals surface area (Å²) in [6.07, 6.45) is -2.35. The zero-order valence-electron chi connectivity index (χ0n) is 13.7. The molecule has 0 bridgehead atoms. The molecule has 2 rings (SSSR count). The Morgan fingerprint density at radius 2 is 1.92 bits per heavy atom. The summed E-state index contributed by atoms with van der Waals surface area (Å²) < 4.78 is 43.7. The van der Waals surface area contributed by atoms with Crippen molar-refractivity contribution in [1.29, 1.82) is 0 Å². The van der Waals surface area contributed by atoms with Gasteiger partial charge >= 0.3 is 12.3 Å². The lowest BCUT2D eigenvalue weighted by atomic mass is 9.98. The summed E-state index contributed by atoms with van der Waals surface area (Å²) in [6.45, 7) is 6.25. The molecule has 0 N–H and O–H groups in total. The summed E-state index contributed by atoms with van der Waals surface area (Å²) in [6, 6.07) is 4.00.